The number of amides is 2. The monoisotopic (exact) mass is 740 g/mol. The summed E-state index contributed by atoms with van der Waals surface area (Å²) >= 11 is 0. The molecule has 0 spiro atoms. The molecule has 4 aromatic rings. The normalized spacial score (nSPS) is 21.3. The zero-order valence-electron chi connectivity index (χ0n) is 29.2. The van der Waals surface area contributed by atoms with E-state index >= 15 is 0 Å². The first-order valence-electron chi connectivity index (χ1n) is 16.9. The van der Waals surface area contributed by atoms with Crippen LogP contribution in [-0.4, -0.2) is 80.5 Å². The molecular formula is C35H39F3N8O5S. The van der Waals surface area contributed by atoms with E-state index in [1.165, 1.54) is 29.5 Å². The summed E-state index contributed by atoms with van der Waals surface area (Å²) in [5, 5.41) is 7.61. The molecule has 276 valence electrons. The van der Waals surface area contributed by atoms with Crippen molar-refractivity contribution in [2.45, 2.75) is 78.6 Å². The highest BCUT2D eigenvalue weighted by atomic mass is 32.2. The van der Waals surface area contributed by atoms with Crippen LogP contribution in [0.3, 0.4) is 0 Å². The van der Waals surface area contributed by atoms with Crippen LogP contribution >= 0.6 is 0 Å². The largest absolute Gasteiger partial charge is 0.433 e. The van der Waals surface area contributed by atoms with Gasteiger partial charge in [-0.2, -0.15) is 18.3 Å². The van der Waals surface area contributed by atoms with Gasteiger partial charge < -0.3 is 10.2 Å². The number of Topliss-reactive ketones (excluding diaryl/α,β-unsaturated/α-hetero) is 1. The average molecular weight is 741 g/mol. The van der Waals surface area contributed by atoms with Crippen LogP contribution in [0, 0.1) is 19.3 Å². The minimum absolute atomic E-state index is 0.0108. The molecule has 0 unspecified atom stereocenters. The van der Waals surface area contributed by atoms with Crippen LogP contribution in [0.25, 0.3) is 22.0 Å². The zero-order chi connectivity index (χ0) is 37.6. The zero-order valence-corrected chi connectivity index (χ0v) is 30.0. The number of aromatic nitrogens is 5. The predicted molar refractivity (Wildman–Crippen MR) is 186 cm³/mol. The van der Waals surface area contributed by atoms with Crippen molar-refractivity contribution in [3.63, 3.8) is 0 Å². The maximum absolute atomic E-state index is 14.3. The Morgan fingerprint density at radius 2 is 1.79 bits per heavy atom. The van der Waals surface area contributed by atoms with Crippen LogP contribution in [0.4, 0.5) is 19.0 Å². The first-order chi connectivity index (χ1) is 24.4. The van der Waals surface area contributed by atoms with Crippen molar-refractivity contribution in [2.24, 2.45) is 5.41 Å². The minimum Gasteiger partial charge on any atom is -0.328 e. The Balaban J connectivity index is 1.42. The highest BCUT2D eigenvalue weighted by molar-refractivity contribution is 7.89. The number of nitrogens with one attached hydrogen (secondary N) is 2. The molecule has 0 saturated carbocycles. The van der Waals surface area contributed by atoms with Gasteiger partial charge in [0.25, 0.3) is 0 Å². The number of pyridine rings is 1. The van der Waals surface area contributed by atoms with Gasteiger partial charge in [0.2, 0.25) is 21.8 Å². The van der Waals surface area contributed by atoms with Crippen molar-refractivity contribution >= 4 is 44.3 Å². The van der Waals surface area contributed by atoms with E-state index in [2.05, 4.69) is 30.1 Å². The molecule has 1 fully saturated rings. The van der Waals surface area contributed by atoms with Crippen molar-refractivity contribution in [1.82, 2.24) is 34.4 Å². The van der Waals surface area contributed by atoms with Crippen LogP contribution in [0.15, 0.2) is 36.7 Å². The van der Waals surface area contributed by atoms with Crippen LogP contribution in [0.5, 0.6) is 0 Å². The number of carbonyl (C=O) groups is 3. The lowest BCUT2D eigenvalue weighted by Gasteiger charge is -2.26. The fourth-order valence-electron chi connectivity index (χ4n) is 6.84. The molecule has 0 aliphatic carbocycles. The molecule has 2 aliphatic heterocycles. The lowest BCUT2D eigenvalue weighted by atomic mass is 9.88. The second-order valence-electron chi connectivity index (χ2n) is 14.0. The molecule has 1 aromatic carbocycles. The van der Waals surface area contributed by atoms with Crippen molar-refractivity contribution < 1.29 is 36.0 Å². The van der Waals surface area contributed by atoms with E-state index in [0.717, 1.165) is 17.2 Å². The topological polar surface area (TPSA) is 169 Å². The molecule has 1 saturated heterocycles. The molecule has 6 rings (SSSR count). The van der Waals surface area contributed by atoms with E-state index in [1.54, 1.807) is 26.2 Å². The molecule has 5 heterocycles. The summed E-state index contributed by atoms with van der Waals surface area (Å²) in [6, 6.07) is 4.56. The van der Waals surface area contributed by atoms with E-state index < -0.39 is 45.2 Å². The summed E-state index contributed by atoms with van der Waals surface area (Å²) in [4.78, 5) is 54.6. The third-order valence-electron chi connectivity index (χ3n) is 9.60. The summed E-state index contributed by atoms with van der Waals surface area (Å²) in [5.41, 5.74) is 1.12. The van der Waals surface area contributed by atoms with Crippen molar-refractivity contribution in [2.75, 3.05) is 24.2 Å². The van der Waals surface area contributed by atoms with Gasteiger partial charge in [0, 0.05) is 48.8 Å². The molecule has 3 aromatic heterocycles. The molecule has 52 heavy (non-hydrogen) atoms. The third kappa shape index (κ3) is 7.84. The molecule has 2 atom stereocenters. The Morgan fingerprint density at radius 3 is 2.48 bits per heavy atom. The second-order valence-corrected chi connectivity index (χ2v) is 15.9. The number of alkyl halides is 3. The van der Waals surface area contributed by atoms with E-state index in [-0.39, 0.29) is 54.7 Å². The number of benzene rings is 1. The number of hydrogen-bond donors (Lipinski definition) is 2. The van der Waals surface area contributed by atoms with E-state index in [0.29, 0.717) is 48.0 Å². The number of fused-ring (bicyclic) bond motifs is 2. The predicted octanol–water partition coefficient (Wildman–Crippen LogP) is 4.62. The maximum Gasteiger partial charge on any atom is 0.433 e. The van der Waals surface area contributed by atoms with Crippen molar-refractivity contribution in [3.8, 4) is 11.1 Å². The van der Waals surface area contributed by atoms with Crippen LogP contribution in [0.1, 0.15) is 72.7 Å². The Labute approximate surface area is 298 Å². The molecule has 2 N–H and O–H groups in total. The molecule has 2 amide bonds. The standard InChI is InChI=1S/C35H39F3N8O5S/c1-20-9-10-28(35(36,37)38)42-32(20)43-33(49)27-14-34(4)18-41-52(50,51)11-7-5-6-8-23-12-24(25-15-39-22(3)40-16-25)13-26-30(21(2)47)44-46(31(23)26)17-29(48)45(27)19-34/h9-10,12-13,15-16,27,41H,5-8,11,14,17-19H2,1-4H3,(H,42,43,49)/t27-,34-/m0/s1. The van der Waals surface area contributed by atoms with Gasteiger partial charge >= 0.3 is 6.18 Å². The van der Waals surface area contributed by atoms with Crippen molar-refractivity contribution in [1.29, 1.82) is 0 Å². The quantitative estimate of drug-likeness (QED) is 0.284. The first kappa shape index (κ1) is 37.0. The van der Waals surface area contributed by atoms with Gasteiger partial charge in [-0.05, 0) is 74.4 Å². The Bertz CT molecular complexity index is 2170. The van der Waals surface area contributed by atoms with Gasteiger partial charge in [0.1, 0.15) is 35.6 Å². The SMILES string of the molecule is CC(=O)c1nn2c3c(cc(-c4cnc(C)nc4)cc13)CCCCCS(=O)(=O)NC[C@]1(C)C[C@@H](C(=O)Nc3nc(C(F)(F)F)ccc3C)N(C1)C(=O)C2. The molecule has 2 aliphatic rings. The minimum atomic E-state index is -4.75. The number of carbonyl (C=O) groups excluding carboxylic acids is 3. The number of ketones is 1. The molecule has 2 bridgehead atoms. The van der Waals surface area contributed by atoms with Crippen LogP contribution in [-0.2, 0) is 38.8 Å². The number of rotatable bonds is 4. The summed E-state index contributed by atoms with van der Waals surface area (Å²) in [7, 11) is -3.71. The summed E-state index contributed by atoms with van der Waals surface area (Å²) < 4.78 is 70.6. The number of sulfonamides is 1. The van der Waals surface area contributed by atoms with E-state index in [4.69, 9.17) is 0 Å². The average Bonchev–Trinajstić information content (AvgIpc) is 3.63. The molecule has 13 nitrogen and oxygen atoms in total. The second kappa shape index (κ2) is 14.0. The number of nitrogens with zero attached hydrogens (tertiary/aromatic N) is 6. The third-order valence-corrected chi connectivity index (χ3v) is 11.0. The maximum atomic E-state index is 14.3. The fraction of sp³-hybridized carbons (Fsp3) is 0.457. The Hall–Kier alpha value is -4.77. The highest BCUT2D eigenvalue weighted by Crippen LogP contribution is 2.37. The lowest BCUT2D eigenvalue weighted by molar-refractivity contribution is -0.141. The number of aryl methyl sites for hydroxylation is 3. The summed E-state index contributed by atoms with van der Waals surface area (Å²) in [6.07, 6.45) is 0.685. The molecule has 0 radical (unpaired) electrons. The number of hydrogen-bond acceptors (Lipinski definition) is 9. The number of halogens is 3. The van der Waals surface area contributed by atoms with Gasteiger partial charge in [0.15, 0.2) is 5.78 Å². The first-order valence-corrected chi connectivity index (χ1v) is 18.5. The lowest BCUT2D eigenvalue weighted by Crippen LogP contribution is -2.45. The van der Waals surface area contributed by atoms with Gasteiger partial charge in [-0.1, -0.05) is 19.4 Å². The van der Waals surface area contributed by atoms with Gasteiger partial charge in [-0.25, -0.2) is 28.1 Å². The summed E-state index contributed by atoms with van der Waals surface area (Å²) in [5.74, 6) is -1.48. The van der Waals surface area contributed by atoms with Gasteiger partial charge in [-0.15, -0.1) is 0 Å². The summed E-state index contributed by atoms with van der Waals surface area (Å²) in [6.45, 7) is 5.91. The molecule has 17 heteroatoms. The van der Waals surface area contributed by atoms with Gasteiger partial charge in [-0.3, -0.25) is 19.1 Å². The van der Waals surface area contributed by atoms with E-state index in [1.807, 2.05) is 12.1 Å². The Kier molecular flexibility index (Phi) is 9.95. The van der Waals surface area contributed by atoms with Gasteiger partial charge in [0.05, 0.1) is 11.3 Å². The van der Waals surface area contributed by atoms with Crippen molar-refractivity contribution in [3.05, 3.63) is 65.0 Å². The number of anilines is 1. The smallest absolute Gasteiger partial charge is 0.328 e. The fourth-order valence-corrected chi connectivity index (χ4v) is 8.13. The van der Waals surface area contributed by atoms with Crippen LogP contribution < -0.4 is 10.0 Å². The van der Waals surface area contributed by atoms with E-state index in [9.17, 15) is 36.0 Å². The highest BCUT2D eigenvalue weighted by Gasteiger charge is 2.47. The molecular weight excluding hydrogens is 701 g/mol. The Morgan fingerprint density at radius 1 is 1.06 bits per heavy atom. The van der Waals surface area contributed by atoms with Crippen LogP contribution in [0.2, 0.25) is 0 Å².